The predicted molar refractivity (Wildman–Crippen MR) is 104 cm³/mol. The number of rotatable bonds is 6. The van der Waals surface area contributed by atoms with Crippen molar-refractivity contribution in [2.45, 2.75) is 31.2 Å². The quantitative estimate of drug-likeness (QED) is 0.788. The van der Waals surface area contributed by atoms with Gasteiger partial charge in [0.1, 0.15) is 11.5 Å². The zero-order valence-electron chi connectivity index (χ0n) is 16.0. The van der Waals surface area contributed by atoms with Gasteiger partial charge in [-0.05, 0) is 51.1 Å². The molecule has 27 heavy (non-hydrogen) atoms. The standard InChI is InChI=1S/C19H24N2O5S/c1-19(2,3)20-18(22)13-7-6-8-15(11-13)27(23,24)21-16-12-14(25-4)9-10-17(16)26-5/h6-12,21H,1-5H3,(H,20,22). The molecule has 0 spiro atoms. The summed E-state index contributed by atoms with van der Waals surface area (Å²) in [6.07, 6.45) is 0. The van der Waals surface area contributed by atoms with Gasteiger partial charge in [0.15, 0.2) is 0 Å². The average molecular weight is 392 g/mol. The van der Waals surface area contributed by atoms with E-state index < -0.39 is 15.6 Å². The van der Waals surface area contributed by atoms with Crippen LogP contribution in [0.3, 0.4) is 0 Å². The molecule has 146 valence electrons. The lowest BCUT2D eigenvalue weighted by Crippen LogP contribution is -2.40. The average Bonchev–Trinajstić information content (AvgIpc) is 2.60. The first-order chi connectivity index (χ1) is 12.6. The molecule has 0 atom stereocenters. The number of sulfonamides is 1. The lowest BCUT2D eigenvalue weighted by Gasteiger charge is -2.20. The highest BCUT2D eigenvalue weighted by atomic mass is 32.2. The molecule has 2 aromatic rings. The Labute approximate surface area is 159 Å². The van der Waals surface area contributed by atoms with Crippen molar-refractivity contribution in [2.75, 3.05) is 18.9 Å². The molecule has 0 unspecified atom stereocenters. The molecular weight excluding hydrogens is 368 g/mol. The number of hydrogen-bond acceptors (Lipinski definition) is 5. The van der Waals surface area contributed by atoms with Crippen LogP contribution in [0.5, 0.6) is 11.5 Å². The summed E-state index contributed by atoms with van der Waals surface area (Å²) in [5.41, 5.74) is 0.0600. The van der Waals surface area contributed by atoms with Gasteiger partial charge in [-0.15, -0.1) is 0 Å². The van der Waals surface area contributed by atoms with Crippen LogP contribution in [0.4, 0.5) is 5.69 Å². The van der Waals surface area contributed by atoms with Crippen LogP contribution >= 0.6 is 0 Å². The molecule has 8 heteroatoms. The Kier molecular flexibility index (Phi) is 6.00. The predicted octanol–water partition coefficient (Wildman–Crippen LogP) is 3.03. The molecule has 0 aromatic heterocycles. The number of carbonyl (C=O) groups is 1. The number of methoxy groups -OCH3 is 2. The van der Waals surface area contributed by atoms with Crippen molar-refractivity contribution < 1.29 is 22.7 Å². The Bertz CT molecular complexity index is 933. The summed E-state index contributed by atoms with van der Waals surface area (Å²) in [6, 6.07) is 10.6. The number of ether oxygens (including phenoxy) is 2. The number of carbonyl (C=O) groups excluding carboxylic acids is 1. The van der Waals surface area contributed by atoms with E-state index in [4.69, 9.17) is 9.47 Å². The maximum atomic E-state index is 12.8. The molecule has 0 aliphatic carbocycles. The highest BCUT2D eigenvalue weighted by Gasteiger charge is 2.20. The van der Waals surface area contributed by atoms with Crippen LogP contribution < -0.4 is 19.5 Å². The summed E-state index contributed by atoms with van der Waals surface area (Å²) in [6.45, 7) is 5.55. The van der Waals surface area contributed by atoms with E-state index in [2.05, 4.69) is 10.0 Å². The van der Waals surface area contributed by atoms with E-state index in [0.717, 1.165) is 0 Å². The minimum absolute atomic E-state index is 0.0334. The van der Waals surface area contributed by atoms with E-state index in [-0.39, 0.29) is 22.1 Å². The third kappa shape index (κ3) is 5.37. The molecule has 0 saturated heterocycles. The second-order valence-electron chi connectivity index (χ2n) is 6.90. The van der Waals surface area contributed by atoms with Gasteiger partial charge in [0.2, 0.25) is 0 Å². The van der Waals surface area contributed by atoms with E-state index >= 15 is 0 Å². The number of amides is 1. The first-order valence-corrected chi connectivity index (χ1v) is 9.71. The van der Waals surface area contributed by atoms with Gasteiger partial charge in [0.05, 0.1) is 24.8 Å². The van der Waals surface area contributed by atoms with Crippen molar-refractivity contribution >= 4 is 21.6 Å². The fourth-order valence-electron chi connectivity index (χ4n) is 2.31. The third-order valence-corrected chi connectivity index (χ3v) is 4.91. The molecule has 2 rings (SSSR count). The number of nitrogens with one attached hydrogen (secondary N) is 2. The van der Waals surface area contributed by atoms with Gasteiger partial charge in [0, 0.05) is 17.2 Å². The van der Waals surface area contributed by atoms with Gasteiger partial charge in [-0.25, -0.2) is 8.42 Å². The summed E-state index contributed by atoms with van der Waals surface area (Å²) >= 11 is 0. The number of benzene rings is 2. The van der Waals surface area contributed by atoms with Crippen molar-refractivity contribution in [2.24, 2.45) is 0 Å². The topological polar surface area (TPSA) is 93.7 Å². The van der Waals surface area contributed by atoms with Gasteiger partial charge in [-0.1, -0.05) is 6.07 Å². The Morgan fingerprint density at radius 1 is 1.00 bits per heavy atom. The van der Waals surface area contributed by atoms with Crippen LogP contribution in [-0.4, -0.2) is 34.1 Å². The van der Waals surface area contributed by atoms with Crippen LogP contribution in [0.25, 0.3) is 0 Å². The second-order valence-corrected chi connectivity index (χ2v) is 8.59. The Morgan fingerprint density at radius 3 is 2.30 bits per heavy atom. The van der Waals surface area contributed by atoms with E-state index in [0.29, 0.717) is 11.5 Å². The third-order valence-electron chi connectivity index (χ3n) is 3.55. The summed E-state index contributed by atoms with van der Waals surface area (Å²) < 4.78 is 38.4. The molecule has 7 nitrogen and oxygen atoms in total. The fourth-order valence-corrected chi connectivity index (χ4v) is 3.42. The highest BCUT2D eigenvalue weighted by Crippen LogP contribution is 2.31. The first kappa shape index (κ1) is 20.6. The number of hydrogen-bond donors (Lipinski definition) is 2. The maximum absolute atomic E-state index is 12.8. The zero-order chi connectivity index (χ0) is 20.2. The molecule has 1 amide bonds. The van der Waals surface area contributed by atoms with E-state index in [1.807, 2.05) is 20.8 Å². The van der Waals surface area contributed by atoms with E-state index in [1.54, 1.807) is 18.2 Å². The molecule has 0 saturated carbocycles. The maximum Gasteiger partial charge on any atom is 0.262 e. The minimum atomic E-state index is -3.94. The molecule has 0 aliphatic rings. The molecule has 0 heterocycles. The fraction of sp³-hybridized carbons (Fsp3) is 0.316. The van der Waals surface area contributed by atoms with Crippen molar-refractivity contribution in [3.8, 4) is 11.5 Å². The molecule has 2 N–H and O–H groups in total. The van der Waals surface area contributed by atoms with Gasteiger partial charge in [-0.2, -0.15) is 0 Å². The van der Waals surface area contributed by atoms with Crippen molar-refractivity contribution in [3.05, 3.63) is 48.0 Å². The van der Waals surface area contributed by atoms with Gasteiger partial charge in [0.25, 0.3) is 15.9 Å². The van der Waals surface area contributed by atoms with Crippen LogP contribution in [-0.2, 0) is 10.0 Å². The van der Waals surface area contributed by atoms with Crippen molar-refractivity contribution in [3.63, 3.8) is 0 Å². The Morgan fingerprint density at radius 2 is 1.70 bits per heavy atom. The summed E-state index contributed by atoms with van der Waals surface area (Å²) in [7, 11) is -1.01. The lowest BCUT2D eigenvalue weighted by molar-refractivity contribution is 0.0919. The van der Waals surface area contributed by atoms with Crippen LogP contribution in [0.2, 0.25) is 0 Å². The molecule has 0 fully saturated rings. The lowest BCUT2D eigenvalue weighted by atomic mass is 10.1. The smallest absolute Gasteiger partial charge is 0.262 e. The largest absolute Gasteiger partial charge is 0.497 e. The van der Waals surface area contributed by atoms with Gasteiger partial charge in [-0.3, -0.25) is 9.52 Å². The Balaban J connectivity index is 2.35. The van der Waals surface area contributed by atoms with Gasteiger partial charge >= 0.3 is 0 Å². The molecule has 0 radical (unpaired) electrons. The minimum Gasteiger partial charge on any atom is -0.497 e. The number of anilines is 1. The normalized spacial score (nSPS) is 11.6. The van der Waals surface area contributed by atoms with Gasteiger partial charge < -0.3 is 14.8 Å². The highest BCUT2D eigenvalue weighted by molar-refractivity contribution is 7.92. The Hall–Kier alpha value is -2.74. The monoisotopic (exact) mass is 392 g/mol. The molecule has 2 aromatic carbocycles. The van der Waals surface area contributed by atoms with Crippen molar-refractivity contribution in [1.82, 2.24) is 5.32 Å². The van der Waals surface area contributed by atoms with Crippen LogP contribution in [0.1, 0.15) is 31.1 Å². The van der Waals surface area contributed by atoms with E-state index in [1.165, 1.54) is 38.5 Å². The first-order valence-electron chi connectivity index (χ1n) is 8.23. The molecular formula is C19H24N2O5S. The molecule has 0 aliphatic heterocycles. The van der Waals surface area contributed by atoms with E-state index in [9.17, 15) is 13.2 Å². The zero-order valence-corrected chi connectivity index (χ0v) is 16.8. The molecule has 0 bridgehead atoms. The summed E-state index contributed by atoms with van der Waals surface area (Å²) in [5.74, 6) is 0.478. The van der Waals surface area contributed by atoms with Crippen LogP contribution in [0.15, 0.2) is 47.4 Å². The van der Waals surface area contributed by atoms with Crippen molar-refractivity contribution in [1.29, 1.82) is 0 Å². The second kappa shape index (κ2) is 7.87. The summed E-state index contributed by atoms with van der Waals surface area (Å²) in [5, 5.41) is 2.81. The van der Waals surface area contributed by atoms with Crippen LogP contribution in [0, 0.1) is 0 Å². The summed E-state index contributed by atoms with van der Waals surface area (Å²) in [4.78, 5) is 12.3. The SMILES string of the molecule is COc1ccc(OC)c(NS(=O)(=O)c2cccc(C(=O)NC(C)(C)C)c2)c1.